The van der Waals surface area contributed by atoms with Crippen LogP contribution in [0, 0.1) is 5.82 Å². The molecule has 1 unspecified atom stereocenters. The fourth-order valence-electron chi connectivity index (χ4n) is 3.85. The van der Waals surface area contributed by atoms with Crippen LogP contribution in [-0.4, -0.2) is 51.0 Å². The number of ether oxygens (including phenoxy) is 1. The Labute approximate surface area is 170 Å². The molecule has 1 fully saturated rings. The molecule has 0 spiro atoms. The largest absolute Gasteiger partial charge is 0.473 e. The molecule has 2 amide bonds. The maximum absolute atomic E-state index is 14.5. The molecule has 3 atom stereocenters. The number of urea groups is 1. The van der Waals surface area contributed by atoms with E-state index in [0.717, 1.165) is 6.20 Å². The van der Waals surface area contributed by atoms with Gasteiger partial charge in [0.2, 0.25) is 5.88 Å². The van der Waals surface area contributed by atoms with Gasteiger partial charge in [0.25, 0.3) is 0 Å². The van der Waals surface area contributed by atoms with E-state index in [1.54, 1.807) is 24.1 Å². The fourth-order valence-corrected chi connectivity index (χ4v) is 3.85. The first-order chi connectivity index (χ1) is 14.5. The molecule has 0 saturated carbocycles. The summed E-state index contributed by atoms with van der Waals surface area (Å²) < 4.78 is 36.0. The number of nitrogens with one attached hydrogen (secondary N) is 2. The van der Waals surface area contributed by atoms with E-state index in [4.69, 9.17) is 4.74 Å². The summed E-state index contributed by atoms with van der Waals surface area (Å²) in [5.74, 6) is 0.155. The molecule has 1 saturated heterocycles. The van der Waals surface area contributed by atoms with Crippen LogP contribution in [0.25, 0.3) is 5.65 Å². The van der Waals surface area contributed by atoms with Gasteiger partial charge in [0, 0.05) is 18.2 Å². The molecule has 0 aromatic carbocycles. The molecule has 2 aliphatic rings. The third kappa shape index (κ3) is 3.25. The number of pyridine rings is 1. The predicted octanol–water partition coefficient (Wildman–Crippen LogP) is 2.46. The van der Waals surface area contributed by atoms with Crippen molar-refractivity contribution in [2.75, 3.05) is 23.3 Å². The van der Waals surface area contributed by atoms with Gasteiger partial charge in [-0.05, 0) is 19.1 Å². The van der Waals surface area contributed by atoms with Gasteiger partial charge >= 0.3 is 6.03 Å². The van der Waals surface area contributed by atoms with Crippen LogP contribution >= 0.6 is 0 Å². The Bertz CT molecular complexity index is 1120. The summed E-state index contributed by atoms with van der Waals surface area (Å²) in [5.41, 5.74) is 1.28. The van der Waals surface area contributed by atoms with Gasteiger partial charge in [0.1, 0.15) is 29.6 Å². The molecule has 2 aliphatic heterocycles. The summed E-state index contributed by atoms with van der Waals surface area (Å²) in [5, 5.41) is 9.61. The quantitative estimate of drug-likeness (QED) is 0.586. The van der Waals surface area contributed by atoms with Crippen molar-refractivity contribution in [3.8, 4) is 5.88 Å². The summed E-state index contributed by atoms with van der Waals surface area (Å²) in [6.45, 7) is 2.03. The number of hydrogen-bond acceptors (Lipinski definition) is 6. The minimum Gasteiger partial charge on any atom is -0.473 e. The first kappa shape index (κ1) is 18.5. The monoisotopic (exact) mass is 415 g/mol. The smallest absolute Gasteiger partial charge is 0.319 e. The van der Waals surface area contributed by atoms with Crippen molar-refractivity contribution >= 4 is 23.2 Å². The van der Waals surface area contributed by atoms with Crippen molar-refractivity contribution in [3.63, 3.8) is 0 Å². The number of halogens is 2. The van der Waals surface area contributed by atoms with Gasteiger partial charge in [0.05, 0.1) is 31.5 Å². The Balaban J connectivity index is 1.67. The van der Waals surface area contributed by atoms with Crippen LogP contribution in [0.4, 0.5) is 25.1 Å². The lowest BCUT2D eigenvalue weighted by molar-refractivity contribution is 0.202. The van der Waals surface area contributed by atoms with Gasteiger partial charge in [-0.1, -0.05) is 0 Å². The first-order valence-electron chi connectivity index (χ1n) is 9.60. The number of hydrogen-bond donors (Lipinski definition) is 2. The Morgan fingerprint density at radius 3 is 3.07 bits per heavy atom. The number of alkyl halides is 1. The standard InChI is InChI=1S/C19H19F2N7O2/c1-10-6-23-19(29)25-14-8-24-28-3-2-16(26-17(14)28)27-9-12(21)5-15(27)13-4-11(20)7-22-18(13)30-10/h2-4,7-8,10,12,15H,5-6,9H2,1H3,(H2,23,25,29)/t10?,12-,15+/m0/s1. The van der Waals surface area contributed by atoms with Crippen LogP contribution < -0.4 is 20.3 Å². The zero-order valence-corrected chi connectivity index (χ0v) is 16.0. The molecular weight excluding hydrogens is 396 g/mol. The van der Waals surface area contributed by atoms with Crippen LogP contribution in [0.2, 0.25) is 0 Å². The van der Waals surface area contributed by atoms with E-state index in [2.05, 4.69) is 25.7 Å². The summed E-state index contributed by atoms with van der Waals surface area (Å²) in [7, 11) is 0. The van der Waals surface area contributed by atoms with Gasteiger partial charge in [-0.15, -0.1) is 0 Å². The first-order valence-corrected chi connectivity index (χ1v) is 9.60. The van der Waals surface area contributed by atoms with Crippen molar-refractivity contribution in [2.24, 2.45) is 0 Å². The van der Waals surface area contributed by atoms with Crippen molar-refractivity contribution in [3.05, 3.63) is 42.1 Å². The summed E-state index contributed by atoms with van der Waals surface area (Å²) in [4.78, 5) is 22.7. The lowest BCUT2D eigenvalue weighted by atomic mass is 10.1. The SMILES string of the molecule is CC1CNC(=O)Nc2cnn3ccc(nc23)N2C[C@@H](F)C[C@@H]2c2cc(F)cnc2O1. The molecule has 3 aromatic heterocycles. The van der Waals surface area contributed by atoms with E-state index in [0.29, 0.717) is 22.7 Å². The number of carbonyl (C=O) groups is 1. The Morgan fingerprint density at radius 2 is 2.20 bits per heavy atom. The van der Waals surface area contributed by atoms with E-state index in [1.807, 2.05) is 0 Å². The van der Waals surface area contributed by atoms with Crippen molar-refractivity contribution in [1.29, 1.82) is 0 Å². The predicted molar refractivity (Wildman–Crippen MR) is 104 cm³/mol. The third-order valence-corrected chi connectivity index (χ3v) is 5.21. The van der Waals surface area contributed by atoms with Crippen LogP contribution in [-0.2, 0) is 0 Å². The highest BCUT2D eigenvalue weighted by atomic mass is 19.1. The summed E-state index contributed by atoms with van der Waals surface area (Å²) in [6, 6.07) is 2.08. The number of fused-ring (bicyclic) bond motifs is 5. The van der Waals surface area contributed by atoms with Gasteiger partial charge in [0.15, 0.2) is 5.65 Å². The highest BCUT2D eigenvalue weighted by Crippen LogP contribution is 2.40. The molecule has 30 heavy (non-hydrogen) atoms. The average molecular weight is 415 g/mol. The lowest BCUT2D eigenvalue weighted by Gasteiger charge is -2.27. The molecule has 5 rings (SSSR count). The van der Waals surface area contributed by atoms with Crippen molar-refractivity contribution in [2.45, 2.75) is 31.7 Å². The van der Waals surface area contributed by atoms with Crippen molar-refractivity contribution in [1.82, 2.24) is 24.9 Å². The molecule has 11 heteroatoms. The van der Waals surface area contributed by atoms with Crippen LogP contribution in [0.5, 0.6) is 5.88 Å². The summed E-state index contributed by atoms with van der Waals surface area (Å²) >= 11 is 0. The van der Waals surface area contributed by atoms with Crippen molar-refractivity contribution < 1.29 is 18.3 Å². The second-order valence-electron chi connectivity index (χ2n) is 7.42. The summed E-state index contributed by atoms with van der Waals surface area (Å²) in [6.07, 6.45) is 2.81. The Hall–Kier alpha value is -3.50. The number of rotatable bonds is 0. The Morgan fingerprint density at radius 1 is 1.33 bits per heavy atom. The highest BCUT2D eigenvalue weighted by Gasteiger charge is 2.37. The van der Waals surface area contributed by atoms with Gasteiger partial charge in [-0.2, -0.15) is 5.10 Å². The number of amides is 2. The minimum atomic E-state index is -1.12. The topological polar surface area (TPSA) is 96.7 Å². The van der Waals surface area contributed by atoms with Crippen LogP contribution in [0.3, 0.4) is 0 Å². The highest BCUT2D eigenvalue weighted by molar-refractivity contribution is 5.93. The maximum Gasteiger partial charge on any atom is 0.319 e. The number of carbonyl (C=O) groups excluding carboxylic acids is 1. The molecule has 2 bridgehead atoms. The average Bonchev–Trinajstić information content (AvgIpc) is 3.30. The molecule has 5 heterocycles. The van der Waals surface area contributed by atoms with Gasteiger partial charge in [-0.25, -0.2) is 28.1 Å². The van der Waals surface area contributed by atoms with E-state index in [1.165, 1.54) is 16.8 Å². The number of anilines is 2. The minimum absolute atomic E-state index is 0.0940. The molecule has 9 nitrogen and oxygen atoms in total. The van der Waals surface area contributed by atoms with E-state index in [-0.39, 0.29) is 25.4 Å². The third-order valence-electron chi connectivity index (χ3n) is 5.21. The Kier molecular flexibility index (Phi) is 4.37. The van der Waals surface area contributed by atoms with Gasteiger partial charge < -0.3 is 20.3 Å². The molecule has 0 radical (unpaired) electrons. The van der Waals surface area contributed by atoms with E-state index >= 15 is 0 Å². The molecule has 0 aliphatic carbocycles. The zero-order valence-electron chi connectivity index (χ0n) is 16.0. The lowest BCUT2D eigenvalue weighted by Crippen LogP contribution is -2.37. The second kappa shape index (κ2) is 7.08. The van der Waals surface area contributed by atoms with E-state index in [9.17, 15) is 13.6 Å². The maximum atomic E-state index is 14.5. The number of aromatic nitrogens is 4. The molecular formula is C19H19F2N7O2. The second-order valence-corrected chi connectivity index (χ2v) is 7.42. The molecule has 3 aromatic rings. The van der Waals surface area contributed by atoms with E-state index < -0.39 is 30.2 Å². The van der Waals surface area contributed by atoms with Crippen LogP contribution in [0.1, 0.15) is 24.9 Å². The zero-order chi connectivity index (χ0) is 20.8. The molecule has 2 N–H and O–H groups in total. The molecule has 156 valence electrons. The number of nitrogens with zero attached hydrogens (tertiary/aromatic N) is 5. The van der Waals surface area contributed by atoms with Gasteiger partial charge in [-0.3, -0.25) is 0 Å². The van der Waals surface area contributed by atoms with Crippen LogP contribution in [0.15, 0.2) is 30.7 Å². The normalized spacial score (nSPS) is 23.9. The fraction of sp³-hybridized carbons (Fsp3) is 0.368.